The zero-order chi connectivity index (χ0) is 21.8. The van der Waals surface area contributed by atoms with Crippen LogP contribution < -0.4 is 19.7 Å². The first kappa shape index (κ1) is 20.4. The molecular formula is C22H22N4O5. The van der Waals surface area contributed by atoms with Crippen LogP contribution in [0.25, 0.3) is 0 Å². The summed E-state index contributed by atoms with van der Waals surface area (Å²) < 4.78 is 16.1. The highest BCUT2D eigenvalue weighted by Crippen LogP contribution is 2.32. The van der Waals surface area contributed by atoms with Gasteiger partial charge in [-0.25, -0.2) is 0 Å². The van der Waals surface area contributed by atoms with Crippen LogP contribution in [0.3, 0.4) is 0 Å². The van der Waals surface area contributed by atoms with Gasteiger partial charge in [-0.2, -0.15) is 0 Å². The van der Waals surface area contributed by atoms with E-state index in [9.17, 15) is 9.59 Å². The number of anilines is 2. The van der Waals surface area contributed by atoms with Gasteiger partial charge in [-0.3, -0.25) is 14.9 Å². The van der Waals surface area contributed by atoms with Crippen molar-refractivity contribution in [2.75, 3.05) is 30.5 Å². The Morgan fingerprint density at radius 3 is 2.55 bits per heavy atom. The highest BCUT2D eigenvalue weighted by Gasteiger charge is 2.35. The van der Waals surface area contributed by atoms with Crippen LogP contribution in [0.15, 0.2) is 52.9 Å². The Labute approximate surface area is 179 Å². The SMILES string of the molecule is COc1ccc(N2CC(c3nnc(NC(=O)COc4ccc(C)cc4)o3)CC2=O)cc1. The third-order valence-corrected chi connectivity index (χ3v) is 4.94. The molecule has 1 fully saturated rings. The minimum atomic E-state index is -0.418. The lowest BCUT2D eigenvalue weighted by atomic mass is 10.1. The number of aryl methyl sites for hydroxylation is 1. The van der Waals surface area contributed by atoms with Gasteiger partial charge in [0.15, 0.2) is 6.61 Å². The Balaban J connectivity index is 1.33. The summed E-state index contributed by atoms with van der Waals surface area (Å²) >= 11 is 0. The largest absolute Gasteiger partial charge is 0.497 e. The van der Waals surface area contributed by atoms with Crippen LogP contribution in [0, 0.1) is 6.92 Å². The Kier molecular flexibility index (Phi) is 5.83. The van der Waals surface area contributed by atoms with Crippen LogP contribution in [-0.4, -0.2) is 42.3 Å². The molecule has 3 aromatic rings. The lowest BCUT2D eigenvalue weighted by Crippen LogP contribution is -2.24. The number of aromatic nitrogens is 2. The summed E-state index contributed by atoms with van der Waals surface area (Å²) in [4.78, 5) is 26.2. The van der Waals surface area contributed by atoms with E-state index in [-0.39, 0.29) is 30.9 Å². The van der Waals surface area contributed by atoms with E-state index in [0.29, 0.717) is 18.2 Å². The molecule has 1 aromatic heterocycles. The topological polar surface area (TPSA) is 107 Å². The van der Waals surface area contributed by atoms with E-state index < -0.39 is 5.91 Å². The second kappa shape index (κ2) is 8.86. The lowest BCUT2D eigenvalue weighted by molar-refractivity contribution is -0.118. The van der Waals surface area contributed by atoms with Gasteiger partial charge in [-0.15, -0.1) is 5.10 Å². The molecule has 9 heteroatoms. The molecule has 0 saturated carbocycles. The molecule has 1 unspecified atom stereocenters. The van der Waals surface area contributed by atoms with Crippen molar-refractivity contribution in [3.63, 3.8) is 0 Å². The zero-order valence-electron chi connectivity index (χ0n) is 17.2. The molecule has 4 rings (SSSR count). The molecule has 9 nitrogen and oxygen atoms in total. The molecule has 1 saturated heterocycles. The van der Waals surface area contributed by atoms with Gasteiger partial charge in [-0.05, 0) is 43.3 Å². The molecule has 2 amide bonds. The maximum Gasteiger partial charge on any atom is 0.322 e. The van der Waals surface area contributed by atoms with E-state index in [1.165, 1.54) is 0 Å². The second-order valence-corrected chi connectivity index (χ2v) is 7.20. The molecule has 1 aliphatic rings. The number of nitrogens with one attached hydrogen (secondary N) is 1. The van der Waals surface area contributed by atoms with E-state index in [4.69, 9.17) is 13.9 Å². The van der Waals surface area contributed by atoms with Crippen LogP contribution in [0.2, 0.25) is 0 Å². The van der Waals surface area contributed by atoms with Crippen molar-refractivity contribution in [1.82, 2.24) is 10.2 Å². The molecule has 1 aliphatic heterocycles. The molecule has 1 N–H and O–H groups in total. The van der Waals surface area contributed by atoms with Crippen LogP contribution in [0.5, 0.6) is 11.5 Å². The molecule has 1 atom stereocenters. The van der Waals surface area contributed by atoms with Gasteiger partial charge in [0.25, 0.3) is 5.91 Å². The summed E-state index contributed by atoms with van der Waals surface area (Å²) in [5.41, 5.74) is 1.88. The Hall–Kier alpha value is -3.88. The van der Waals surface area contributed by atoms with Crippen molar-refractivity contribution < 1.29 is 23.5 Å². The smallest absolute Gasteiger partial charge is 0.322 e. The molecule has 0 bridgehead atoms. The van der Waals surface area contributed by atoms with Crippen molar-refractivity contribution >= 4 is 23.5 Å². The predicted molar refractivity (Wildman–Crippen MR) is 112 cm³/mol. The summed E-state index contributed by atoms with van der Waals surface area (Å²) in [6, 6.07) is 14.6. The van der Waals surface area contributed by atoms with Crippen molar-refractivity contribution in [2.24, 2.45) is 0 Å². The summed E-state index contributed by atoms with van der Waals surface area (Å²) in [7, 11) is 1.59. The highest BCUT2D eigenvalue weighted by molar-refractivity contribution is 5.96. The quantitative estimate of drug-likeness (QED) is 0.624. The average molecular weight is 422 g/mol. The number of carbonyl (C=O) groups excluding carboxylic acids is 2. The number of hydrogen-bond acceptors (Lipinski definition) is 7. The fourth-order valence-electron chi connectivity index (χ4n) is 3.27. The van der Waals surface area contributed by atoms with E-state index in [1.807, 2.05) is 31.2 Å². The van der Waals surface area contributed by atoms with E-state index >= 15 is 0 Å². The first-order chi connectivity index (χ1) is 15.0. The van der Waals surface area contributed by atoms with Gasteiger partial charge in [0.05, 0.1) is 13.0 Å². The minimum absolute atomic E-state index is 0.0251. The Morgan fingerprint density at radius 1 is 1.13 bits per heavy atom. The normalized spacial score (nSPS) is 15.7. The molecule has 2 aromatic carbocycles. The second-order valence-electron chi connectivity index (χ2n) is 7.20. The third-order valence-electron chi connectivity index (χ3n) is 4.94. The molecule has 31 heavy (non-hydrogen) atoms. The van der Waals surface area contributed by atoms with Crippen molar-refractivity contribution in [3.8, 4) is 11.5 Å². The number of amides is 2. The predicted octanol–water partition coefficient (Wildman–Crippen LogP) is 2.92. The van der Waals surface area contributed by atoms with Crippen molar-refractivity contribution in [1.29, 1.82) is 0 Å². The number of nitrogens with zero attached hydrogens (tertiary/aromatic N) is 3. The molecule has 160 valence electrons. The van der Waals surface area contributed by atoms with E-state index in [1.54, 1.807) is 36.3 Å². The number of hydrogen-bond donors (Lipinski definition) is 1. The monoisotopic (exact) mass is 422 g/mol. The number of ether oxygens (including phenoxy) is 2. The van der Waals surface area contributed by atoms with Gasteiger partial charge in [-0.1, -0.05) is 22.8 Å². The minimum Gasteiger partial charge on any atom is -0.497 e. The number of rotatable bonds is 7. The van der Waals surface area contributed by atoms with E-state index in [0.717, 1.165) is 17.0 Å². The summed E-state index contributed by atoms with van der Waals surface area (Å²) in [5.74, 6) is 0.907. The third kappa shape index (κ3) is 4.82. The number of carbonyl (C=O) groups is 2. The maximum absolute atomic E-state index is 12.5. The molecule has 2 heterocycles. The molecule has 0 aliphatic carbocycles. The highest BCUT2D eigenvalue weighted by atomic mass is 16.5. The maximum atomic E-state index is 12.5. The van der Waals surface area contributed by atoms with Crippen LogP contribution in [0.4, 0.5) is 11.7 Å². The molecular weight excluding hydrogens is 400 g/mol. The average Bonchev–Trinajstić information content (AvgIpc) is 3.40. The van der Waals surface area contributed by atoms with E-state index in [2.05, 4.69) is 15.5 Å². The number of methoxy groups -OCH3 is 1. The van der Waals surface area contributed by atoms with Gasteiger partial charge >= 0.3 is 6.01 Å². The zero-order valence-corrected chi connectivity index (χ0v) is 17.2. The lowest BCUT2D eigenvalue weighted by Gasteiger charge is -2.16. The first-order valence-corrected chi connectivity index (χ1v) is 9.79. The van der Waals surface area contributed by atoms with Crippen molar-refractivity contribution in [2.45, 2.75) is 19.3 Å². The van der Waals surface area contributed by atoms with Crippen LogP contribution in [-0.2, 0) is 9.59 Å². The first-order valence-electron chi connectivity index (χ1n) is 9.79. The van der Waals surface area contributed by atoms with Crippen LogP contribution in [0.1, 0.15) is 23.8 Å². The Morgan fingerprint density at radius 2 is 1.84 bits per heavy atom. The van der Waals surface area contributed by atoms with Crippen LogP contribution >= 0.6 is 0 Å². The van der Waals surface area contributed by atoms with Gasteiger partial charge < -0.3 is 18.8 Å². The molecule has 0 radical (unpaired) electrons. The standard InChI is InChI=1S/C22H22N4O5/c1-14-3-7-18(8-4-14)30-13-19(27)23-22-25-24-21(31-22)15-11-20(28)26(12-15)16-5-9-17(29-2)10-6-16/h3-10,15H,11-13H2,1-2H3,(H,23,25,27). The fraction of sp³-hybridized carbons (Fsp3) is 0.273. The summed E-state index contributed by atoms with van der Waals surface area (Å²) in [6.07, 6.45) is 0.248. The summed E-state index contributed by atoms with van der Waals surface area (Å²) in [6.45, 7) is 2.20. The van der Waals surface area contributed by atoms with Gasteiger partial charge in [0.1, 0.15) is 11.5 Å². The van der Waals surface area contributed by atoms with Gasteiger partial charge in [0, 0.05) is 18.7 Å². The fourth-order valence-corrected chi connectivity index (χ4v) is 3.27. The van der Waals surface area contributed by atoms with Crippen molar-refractivity contribution in [3.05, 3.63) is 60.0 Å². The molecule has 0 spiro atoms. The van der Waals surface area contributed by atoms with Gasteiger partial charge in [0.2, 0.25) is 11.8 Å². The summed E-state index contributed by atoms with van der Waals surface area (Å²) in [5, 5.41) is 10.4. The number of benzene rings is 2. The Bertz CT molecular complexity index is 1060.